The van der Waals surface area contributed by atoms with Gasteiger partial charge in [0.15, 0.2) is 0 Å². The van der Waals surface area contributed by atoms with Crippen molar-refractivity contribution in [2.24, 2.45) is 7.05 Å². The maximum atomic E-state index is 12.3. The first-order valence-corrected chi connectivity index (χ1v) is 7.29. The van der Waals surface area contributed by atoms with Crippen LogP contribution in [0.15, 0.2) is 36.7 Å². The smallest absolute Gasteiger partial charge is 0.242 e. The van der Waals surface area contributed by atoms with Gasteiger partial charge in [-0.1, -0.05) is 12.1 Å². The standard InChI is InChI=1S/C16H22N4O2.ClH/c1-4-22-14-7-5-12(6-8-14)9-18-16(21)15(17-2)13-10-19-20(3)11-13;/h5-8,10-11,15,17H,4,9H2,1-3H3,(H,18,21);1H. The van der Waals surface area contributed by atoms with Gasteiger partial charge in [0, 0.05) is 25.4 Å². The lowest BCUT2D eigenvalue weighted by atomic mass is 10.1. The van der Waals surface area contributed by atoms with Gasteiger partial charge < -0.3 is 15.4 Å². The van der Waals surface area contributed by atoms with Crippen LogP contribution < -0.4 is 15.4 Å². The Labute approximate surface area is 142 Å². The fourth-order valence-corrected chi connectivity index (χ4v) is 2.20. The normalized spacial score (nSPS) is 11.4. The number of benzene rings is 1. The quantitative estimate of drug-likeness (QED) is 0.808. The van der Waals surface area contributed by atoms with Crippen molar-refractivity contribution in [1.29, 1.82) is 0 Å². The molecule has 1 atom stereocenters. The molecular weight excluding hydrogens is 316 g/mol. The van der Waals surface area contributed by atoms with E-state index < -0.39 is 6.04 Å². The van der Waals surface area contributed by atoms with Crippen molar-refractivity contribution < 1.29 is 9.53 Å². The molecule has 0 fully saturated rings. The number of hydrogen-bond donors (Lipinski definition) is 2. The zero-order valence-electron chi connectivity index (χ0n) is 13.6. The molecule has 1 amide bonds. The minimum absolute atomic E-state index is 0. The highest BCUT2D eigenvalue weighted by Crippen LogP contribution is 2.14. The maximum Gasteiger partial charge on any atom is 0.242 e. The third-order valence-corrected chi connectivity index (χ3v) is 3.31. The Morgan fingerprint density at radius 1 is 1.35 bits per heavy atom. The van der Waals surface area contributed by atoms with E-state index in [1.54, 1.807) is 17.9 Å². The number of aromatic nitrogens is 2. The van der Waals surface area contributed by atoms with Crippen molar-refractivity contribution in [3.8, 4) is 5.75 Å². The molecule has 6 nitrogen and oxygen atoms in total. The van der Waals surface area contributed by atoms with E-state index in [0.29, 0.717) is 13.2 Å². The molecule has 0 radical (unpaired) electrons. The van der Waals surface area contributed by atoms with E-state index in [1.807, 2.05) is 44.4 Å². The molecule has 2 N–H and O–H groups in total. The van der Waals surface area contributed by atoms with E-state index in [4.69, 9.17) is 4.74 Å². The number of nitrogens with one attached hydrogen (secondary N) is 2. The Bertz CT molecular complexity index is 613. The predicted molar refractivity (Wildman–Crippen MR) is 91.7 cm³/mol. The monoisotopic (exact) mass is 338 g/mol. The van der Waals surface area contributed by atoms with Gasteiger partial charge in [-0.25, -0.2) is 0 Å². The first-order valence-electron chi connectivity index (χ1n) is 7.29. The summed E-state index contributed by atoms with van der Waals surface area (Å²) in [7, 11) is 3.59. The third kappa shape index (κ3) is 5.26. The zero-order chi connectivity index (χ0) is 15.9. The highest BCUT2D eigenvalue weighted by Gasteiger charge is 2.19. The van der Waals surface area contributed by atoms with E-state index in [1.165, 1.54) is 0 Å². The lowest BCUT2D eigenvalue weighted by Gasteiger charge is -2.14. The van der Waals surface area contributed by atoms with Crippen LogP contribution in [-0.2, 0) is 18.4 Å². The molecule has 126 valence electrons. The SMILES string of the molecule is CCOc1ccc(CNC(=O)C(NC)c2cnn(C)c2)cc1.Cl. The van der Waals surface area contributed by atoms with Gasteiger partial charge in [0.2, 0.25) is 5.91 Å². The minimum Gasteiger partial charge on any atom is -0.494 e. The molecule has 1 aromatic carbocycles. The second-order valence-electron chi connectivity index (χ2n) is 4.96. The van der Waals surface area contributed by atoms with Crippen LogP contribution >= 0.6 is 12.4 Å². The van der Waals surface area contributed by atoms with Gasteiger partial charge in [-0.05, 0) is 31.7 Å². The van der Waals surface area contributed by atoms with Crippen LogP contribution in [0.1, 0.15) is 24.1 Å². The number of carbonyl (C=O) groups is 1. The van der Waals surface area contributed by atoms with E-state index in [2.05, 4.69) is 15.7 Å². The van der Waals surface area contributed by atoms with Crippen LogP contribution in [0.5, 0.6) is 5.75 Å². The van der Waals surface area contributed by atoms with E-state index in [9.17, 15) is 4.79 Å². The molecule has 0 saturated carbocycles. The number of aryl methyl sites for hydroxylation is 1. The summed E-state index contributed by atoms with van der Waals surface area (Å²) in [6, 6.07) is 7.30. The Hall–Kier alpha value is -2.05. The largest absolute Gasteiger partial charge is 0.494 e. The first kappa shape index (κ1) is 19.0. The number of hydrogen-bond acceptors (Lipinski definition) is 4. The van der Waals surface area contributed by atoms with Crippen molar-refractivity contribution in [2.75, 3.05) is 13.7 Å². The Morgan fingerprint density at radius 2 is 2.04 bits per heavy atom. The summed E-state index contributed by atoms with van der Waals surface area (Å²) in [6.07, 6.45) is 3.52. The number of likely N-dealkylation sites (N-methyl/N-ethyl adjacent to an activating group) is 1. The van der Waals surface area contributed by atoms with Gasteiger partial charge in [0.05, 0.1) is 12.8 Å². The molecule has 0 bridgehead atoms. The average Bonchev–Trinajstić information content (AvgIpc) is 2.94. The second-order valence-corrected chi connectivity index (χ2v) is 4.96. The molecule has 0 saturated heterocycles. The summed E-state index contributed by atoms with van der Waals surface area (Å²) in [4.78, 5) is 12.3. The van der Waals surface area contributed by atoms with Crippen LogP contribution in [-0.4, -0.2) is 29.3 Å². The Kier molecular flexibility index (Phi) is 7.57. The predicted octanol–water partition coefficient (Wildman–Crippen LogP) is 1.82. The molecule has 0 spiro atoms. The number of carbonyl (C=O) groups excluding carboxylic acids is 1. The molecule has 1 unspecified atom stereocenters. The number of ether oxygens (including phenoxy) is 1. The topological polar surface area (TPSA) is 68.2 Å². The number of rotatable bonds is 7. The maximum absolute atomic E-state index is 12.3. The van der Waals surface area contributed by atoms with Crippen molar-refractivity contribution in [2.45, 2.75) is 19.5 Å². The summed E-state index contributed by atoms with van der Waals surface area (Å²) in [5, 5.41) is 10.0. The highest BCUT2D eigenvalue weighted by atomic mass is 35.5. The van der Waals surface area contributed by atoms with E-state index in [-0.39, 0.29) is 18.3 Å². The molecule has 2 rings (SSSR count). The van der Waals surface area contributed by atoms with Gasteiger partial charge in [-0.3, -0.25) is 9.48 Å². The van der Waals surface area contributed by atoms with Crippen molar-refractivity contribution in [3.63, 3.8) is 0 Å². The van der Waals surface area contributed by atoms with Gasteiger partial charge in [-0.2, -0.15) is 5.10 Å². The third-order valence-electron chi connectivity index (χ3n) is 3.31. The molecule has 2 aromatic rings. The van der Waals surface area contributed by atoms with E-state index in [0.717, 1.165) is 16.9 Å². The molecule has 7 heteroatoms. The molecule has 23 heavy (non-hydrogen) atoms. The summed E-state index contributed by atoms with van der Waals surface area (Å²) < 4.78 is 7.08. The molecule has 0 aliphatic rings. The van der Waals surface area contributed by atoms with Gasteiger partial charge in [0.1, 0.15) is 11.8 Å². The highest BCUT2D eigenvalue weighted by molar-refractivity contribution is 5.85. The fraction of sp³-hybridized carbons (Fsp3) is 0.375. The Balaban J connectivity index is 0.00000264. The van der Waals surface area contributed by atoms with E-state index >= 15 is 0 Å². The summed E-state index contributed by atoms with van der Waals surface area (Å²) in [5.41, 5.74) is 1.87. The number of halogens is 1. The van der Waals surface area contributed by atoms with Crippen molar-refractivity contribution in [3.05, 3.63) is 47.8 Å². The Morgan fingerprint density at radius 3 is 2.57 bits per heavy atom. The van der Waals surface area contributed by atoms with Crippen LogP contribution in [0.3, 0.4) is 0 Å². The van der Waals surface area contributed by atoms with Gasteiger partial charge in [-0.15, -0.1) is 12.4 Å². The second kappa shape index (κ2) is 9.17. The van der Waals surface area contributed by atoms with Crippen LogP contribution in [0.4, 0.5) is 0 Å². The van der Waals surface area contributed by atoms with Gasteiger partial charge in [0.25, 0.3) is 0 Å². The average molecular weight is 339 g/mol. The molecule has 1 heterocycles. The molecule has 0 aliphatic heterocycles. The molecular formula is C16H23ClN4O2. The lowest BCUT2D eigenvalue weighted by molar-refractivity contribution is -0.123. The lowest BCUT2D eigenvalue weighted by Crippen LogP contribution is -2.35. The van der Waals surface area contributed by atoms with Crippen LogP contribution in [0.2, 0.25) is 0 Å². The van der Waals surface area contributed by atoms with Gasteiger partial charge >= 0.3 is 0 Å². The number of nitrogens with zero attached hydrogens (tertiary/aromatic N) is 2. The van der Waals surface area contributed by atoms with Crippen LogP contribution in [0, 0.1) is 0 Å². The van der Waals surface area contributed by atoms with Crippen molar-refractivity contribution >= 4 is 18.3 Å². The summed E-state index contributed by atoms with van der Waals surface area (Å²) in [5.74, 6) is 0.755. The molecule has 0 aliphatic carbocycles. The zero-order valence-corrected chi connectivity index (χ0v) is 14.4. The first-order chi connectivity index (χ1) is 10.6. The van der Waals surface area contributed by atoms with Crippen molar-refractivity contribution in [1.82, 2.24) is 20.4 Å². The fourth-order valence-electron chi connectivity index (χ4n) is 2.20. The van der Waals surface area contributed by atoms with Crippen LogP contribution in [0.25, 0.3) is 0 Å². The summed E-state index contributed by atoms with van der Waals surface area (Å²) >= 11 is 0. The molecule has 1 aromatic heterocycles. The minimum atomic E-state index is -0.406. The summed E-state index contributed by atoms with van der Waals surface area (Å²) in [6.45, 7) is 3.07. The number of amides is 1.